The van der Waals surface area contributed by atoms with Gasteiger partial charge in [0.05, 0.1) is 11.2 Å². The SMILES string of the molecule is CCNC(=O)Nc1nc2c(-c3ccccn3)cc(-n3cnc(C(=O)NC4CC4)c3)cc2[nH]1. The number of anilines is 1. The Balaban J connectivity index is 1.55. The molecular formula is C22H22N8O2. The molecule has 0 bridgehead atoms. The largest absolute Gasteiger partial charge is 0.348 e. The molecule has 1 aromatic carbocycles. The van der Waals surface area contributed by atoms with Gasteiger partial charge in [-0.25, -0.2) is 14.8 Å². The number of amides is 3. The lowest BCUT2D eigenvalue weighted by Crippen LogP contribution is -2.28. The summed E-state index contributed by atoms with van der Waals surface area (Å²) in [6.07, 6.45) is 7.05. The van der Waals surface area contributed by atoms with E-state index in [9.17, 15) is 9.59 Å². The lowest BCUT2D eigenvalue weighted by atomic mass is 10.1. The molecule has 5 rings (SSSR count). The van der Waals surface area contributed by atoms with Crippen molar-refractivity contribution in [2.45, 2.75) is 25.8 Å². The molecule has 32 heavy (non-hydrogen) atoms. The highest BCUT2D eigenvalue weighted by atomic mass is 16.2. The van der Waals surface area contributed by atoms with E-state index in [4.69, 9.17) is 0 Å². The van der Waals surface area contributed by atoms with Gasteiger partial charge in [-0.3, -0.25) is 15.1 Å². The molecule has 3 heterocycles. The fourth-order valence-corrected chi connectivity index (χ4v) is 3.41. The first kappa shape index (κ1) is 19.7. The van der Waals surface area contributed by atoms with Crippen molar-refractivity contribution < 1.29 is 9.59 Å². The Hall–Kier alpha value is -4.21. The molecule has 0 atom stereocenters. The number of H-pyrrole nitrogens is 1. The molecule has 10 heteroatoms. The first-order valence-corrected chi connectivity index (χ1v) is 10.5. The molecule has 162 valence electrons. The van der Waals surface area contributed by atoms with Crippen LogP contribution in [-0.2, 0) is 0 Å². The zero-order chi connectivity index (χ0) is 22.1. The van der Waals surface area contributed by atoms with Gasteiger partial charge in [0.2, 0.25) is 5.95 Å². The Morgan fingerprint density at radius 1 is 1.22 bits per heavy atom. The number of carbonyl (C=O) groups excluding carboxylic acids is 2. The number of hydrogen-bond donors (Lipinski definition) is 4. The third-order valence-corrected chi connectivity index (χ3v) is 5.11. The Kier molecular flexibility index (Phi) is 5.02. The van der Waals surface area contributed by atoms with Crippen LogP contribution in [0.25, 0.3) is 28.0 Å². The van der Waals surface area contributed by atoms with Crippen molar-refractivity contribution in [1.29, 1.82) is 0 Å². The minimum Gasteiger partial charge on any atom is -0.348 e. The molecule has 0 spiro atoms. The van der Waals surface area contributed by atoms with Crippen LogP contribution in [0.3, 0.4) is 0 Å². The number of aromatic nitrogens is 5. The van der Waals surface area contributed by atoms with E-state index >= 15 is 0 Å². The van der Waals surface area contributed by atoms with Gasteiger partial charge in [-0.1, -0.05) is 6.07 Å². The highest BCUT2D eigenvalue weighted by Gasteiger charge is 2.25. The minimum atomic E-state index is -0.341. The fourth-order valence-electron chi connectivity index (χ4n) is 3.41. The predicted molar refractivity (Wildman–Crippen MR) is 120 cm³/mol. The summed E-state index contributed by atoms with van der Waals surface area (Å²) in [6.45, 7) is 2.35. The average Bonchev–Trinajstić information content (AvgIpc) is 3.30. The van der Waals surface area contributed by atoms with E-state index in [-0.39, 0.29) is 18.0 Å². The maximum absolute atomic E-state index is 12.3. The number of nitrogens with zero attached hydrogens (tertiary/aromatic N) is 4. The molecule has 3 aromatic heterocycles. The van der Waals surface area contributed by atoms with Gasteiger partial charge in [0.25, 0.3) is 5.91 Å². The van der Waals surface area contributed by atoms with E-state index in [1.807, 2.05) is 37.3 Å². The Labute approximate surface area is 183 Å². The van der Waals surface area contributed by atoms with Gasteiger partial charge in [-0.05, 0) is 44.0 Å². The number of carbonyl (C=O) groups is 2. The first-order valence-electron chi connectivity index (χ1n) is 10.5. The number of aromatic amines is 1. The molecule has 10 nitrogen and oxygen atoms in total. The fraction of sp³-hybridized carbons (Fsp3) is 0.227. The highest BCUT2D eigenvalue weighted by molar-refractivity contribution is 5.96. The standard InChI is InChI=1S/C22H22N8O2/c1-2-23-22(32)29-21-27-17-10-14(9-15(19(17)28-21)16-5-3-4-8-24-16)30-11-18(25-12-30)20(31)26-13-6-7-13/h3-5,8-13H,2,6-7H2,1H3,(H,26,31)(H3,23,27,28,29,32). The molecule has 0 aliphatic heterocycles. The molecule has 1 aliphatic rings. The normalized spacial score (nSPS) is 13.2. The molecule has 0 radical (unpaired) electrons. The molecule has 0 saturated heterocycles. The first-order chi connectivity index (χ1) is 15.6. The van der Waals surface area contributed by atoms with E-state index in [0.717, 1.165) is 29.8 Å². The molecular weight excluding hydrogens is 408 g/mol. The second-order valence-electron chi connectivity index (χ2n) is 7.59. The minimum absolute atomic E-state index is 0.174. The van der Waals surface area contributed by atoms with Gasteiger partial charge in [0, 0.05) is 36.2 Å². The van der Waals surface area contributed by atoms with Crippen LogP contribution < -0.4 is 16.0 Å². The van der Waals surface area contributed by atoms with Crippen LogP contribution in [-0.4, -0.2) is 49.0 Å². The highest BCUT2D eigenvalue weighted by Crippen LogP contribution is 2.30. The Bertz CT molecular complexity index is 1290. The maximum atomic E-state index is 12.3. The summed E-state index contributed by atoms with van der Waals surface area (Å²) in [5, 5.41) is 8.33. The smallest absolute Gasteiger partial charge is 0.321 e. The number of nitrogens with one attached hydrogen (secondary N) is 4. The number of urea groups is 1. The zero-order valence-electron chi connectivity index (χ0n) is 17.4. The van der Waals surface area contributed by atoms with E-state index in [1.54, 1.807) is 23.3 Å². The second kappa shape index (κ2) is 8.14. The molecule has 1 saturated carbocycles. The van der Waals surface area contributed by atoms with Crippen LogP contribution >= 0.6 is 0 Å². The van der Waals surface area contributed by atoms with Crippen LogP contribution in [0, 0.1) is 0 Å². The van der Waals surface area contributed by atoms with Gasteiger partial charge in [0.1, 0.15) is 17.5 Å². The molecule has 0 unspecified atom stereocenters. The van der Waals surface area contributed by atoms with Gasteiger partial charge in [-0.15, -0.1) is 0 Å². The third-order valence-electron chi connectivity index (χ3n) is 5.11. The van der Waals surface area contributed by atoms with E-state index in [2.05, 4.69) is 35.9 Å². The van der Waals surface area contributed by atoms with Crippen LogP contribution in [0.15, 0.2) is 49.1 Å². The number of hydrogen-bond acceptors (Lipinski definition) is 5. The van der Waals surface area contributed by atoms with Crippen molar-refractivity contribution in [2.24, 2.45) is 0 Å². The van der Waals surface area contributed by atoms with Crippen LogP contribution in [0.5, 0.6) is 0 Å². The predicted octanol–water partition coefficient (Wildman–Crippen LogP) is 2.84. The van der Waals surface area contributed by atoms with Gasteiger partial charge >= 0.3 is 6.03 Å². The summed E-state index contributed by atoms with van der Waals surface area (Å²) in [6, 6.07) is 9.39. The van der Waals surface area contributed by atoms with Crippen molar-refractivity contribution >= 4 is 28.9 Å². The number of pyridine rings is 1. The number of fused-ring (bicyclic) bond motifs is 1. The van der Waals surface area contributed by atoms with E-state index in [1.165, 1.54) is 0 Å². The summed E-state index contributed by atoms with van der Waals surface area (Å²) < 4.78 is 1.78. The summed E-state index contributed by atoms with van der Waals surface area (Å²) in [4.78, 5) is 40.7. The molecule has 3 amide bonds. The lowest BCUT2D eigenvalue weighted by molar-refractivity contribution is 0.0946. The summed E-state index contributed by atoms with van der Waals surface area (Å²) >= 11 is 0. The second-order valence-corrected chi connectivity index (χ2v) is 7.59. The monoisotopic (exact) mass is 430 g/mol. The number of rotatable bonds is 6. The topological polar surface area (TPSA) is 130 Å². The van der Waals surface area contributed by atoms with Crippen molar-refractivity contribution in [2.75, 3.05) is 11.9 Å². The van der Waals surface area contributed by atoms with Crippen LogP contribution in [0.1, 0.15) is 30.3 Å². The van der Waals surface area contributed by atoms with Crippen LogP contribution in [0.2, 0.25) is 0 Å². The number of benzene rings is 1. The summed E-state index contributed by atoms with van der Waals surface area (Å²) in [7, 11) is 0. The third kappa shape index (κ3) is 4.02. The van der Waals surface area contributed by atoms with Crippen molar-refractivity contribution in [3.63, 3.8) is 0 Å². The molecule has 4 aromatic rings. The average molecular weight is 430 g/mol. The Morgan fingerprint density at radius 2 is 2.09 bits per heavy atom. The van der Waals surface area contributed by atoms with Crippen LogP contribution in [0.4, 0.5) is 10.7 Å². The molecule has 4 N–H and O–H groups in total. The molecule has 1 aliphatic carbocycles. The summed E-state index contributed by atoms with van der Waals surface area (Å²) in [5.41, 5.74) is 4.06. The van der Waals surface area contributed by atoms with Gasteiger partial charge < -0.3 is 20.2 Å². The quantitative estimate of drug-likeness (QED) is 0.374. The summed E-state index contributed by atoms with van der Waals surface area (Å²) in [5.74, 6) is 0.155. The Morgan fingerprint density at radius 3 is 2.84 bits per heavy atom. The molecule has 1 fully saturated rings. The van der Waals surface area contributed by atoms with Crippen molar-refractivity contribution in [1.82, 2.24) is 35.1 Å². The lowest BCUT2D eigenvalue weighted by Gasteiger charge is -2.07. The zero-order valence-corrected chi connectivity index (χ0v) is 17.4. The van der Waals surface area contributed by atoms with Crippen molar-refractivity contribution in [3.05, 3.63) is 54.7 Å². The number of imidazole rings is 2. The van der Waals surface area contributed by atoms with Crippen molar-refractivity contribution in [3.8, 4) is 16.9 Å². The van der Waals surface area contributed by atoms with Gasteiger partial charge in [0.15, 0.2) is 0 Å². The van der Waals surface area contributed by atoms with E-state index < -0.39 is 0 Å². The maximum Gasteiger partial charge on any atom is 0.321 e. The van der Waals surface area contributed by atoms with E-state index in [0.29, 0.717) is 29.2 Å². The van der Waals surface area contributed by atoms with Gasteiger partial charge in [-0.2, -0.15) is 0 Å².